The molecule has 13 heteroatoms. The highest BCUT2D eigenvalue weighted by Gasteiger charge is 2.29. The molecule has 1 amide bonds. The van der Waals surface area contributed by atoms with Gasteiger partial charge < -0.3 is 25.5 Å². The highest BCUT2D eigenvalue weighted by Crippen LogP contribution is 2.38. The Labute approximate surface area is 168 Å². The summed E-state index contributed by atoms with van der Waals surface area (Å²) in [6, 6.07) is -1.83. The number of hydrogen-bond donors (Lipinski definition) is 6. The van der Waals surface area contributed by atoms with Gasteiger partial charge in [0.2, 0.25) is 5.91 Å². The lowest BCUT2D eigenvalue weighted by atomic mass is 10.1. The van der Waals surface area contributed by atoms with Gasteiger partial charge in [0.15, 0.2) is 0 Å². The van der Waals surface area contributed by atoms with E-state index in [9.17, 15) is 28.6 Å². The van der Waals surface area contributed by atoms with Gasteiger partial charge in [0, 0.05) is 18.9 Å². The summed E-state index contributed by atoms with van der Waals surface area (Å²) >= 11 is 0. The quantitative estimate of drug-likeness (QED) is 0.146. The van der Waals surface area contributed by atoms with E-state index in [2.05, 4.69) is 5.32 Å². The second kappa shape index (κ2) is 13.3. The van der Waals surface area contributed by atoms with Crippen LogP contribution in [0, 0.1) is 5.92 Å². The molecular formula is C16H29N2O10P. The number of carboxylic acid groups (broad SMARTS) is 3. The van der Waals surface area contributed by atoms with Crippen LogP contribution in [0.1, 0.15) is 52.4 Å². The molecule has 0 aromatic rings. The van der Waals surface area contributed by atoms with Crippen LogP contribution in [0.5, 0.6) is 0 Å². The summed E-state index contributed by atoms with van der Waals surface area (Å²) < 4.78 is 16.7. The summed E-state index contributed by atoms with van der Waals surface area (Å²) in [7, 11) is -4.45. The van der Waals surface area contributed by atoms with Gasteiger partial charge in [-0.05, 0) is 32.6 Å². The minimum Gasteiger partial charge on any atom is -0.481 e. The predicted molar refractivity (Wildman–Crippen MR) is 100 cm³/mol. The van der Waals surface area contributed by atoms with Gasteiger partial charge in [-0.1, -0.05) is 6.92 Å². The van der Waals surface area contributed by atoms with Gasteiger partial charge in [0.1, 0.15) is 6.04 Å². The number of amides is 1. The number of hydrogen-bond acceptors (Lipinski definition) is 6. The van der Waals surface area contributed by atoms with Crippen molar-refractivity contribution in [3.8, 4) is 0 Å². The second-order valence-corrected chi connectivity index (χ2v) is 8.25. The maximum absolute atomic E-state index is 11.9. The zero-order chi connectivity index (χ0) is 22.6. The molecule has 0 aliphatic heterocycles. The fraction of sp³-hybridized carbons (Fsp3) is 0.750. The largest absolute Gasteiger partial charge is 0.481 e. The first kappa shape index (κ1) is 27.0. The Balaban J connectivity index is 4.21. The van der Waals surface area contributed by atoms with Crippen LogP contribution in [0.25, 0.3) is 0 Å². The summed E-state index contributed by atoms with van der Waals surface area (Å²) in [6.07, 6.45) is 0.0855. The molecule has 3 unspecified atom stereocenters. The van der Waals surface area contributed by atoms with Gasteiger partial charge in [-0.25, -0.2) is 9.65 Å². The van der Waals surface area contributed by atoms with Crippen LogP contribution in [0.15, 0.2) is 0 Å². The predicted octanol–water partition coefficient (Wildman–Crippen LogP) is 0.797. The summed E-state index contributed by atoms with van der Waals surface area (Å²) in [4.78, 5) is 53.7. The summed E-state index contributed by atoms with van der Waals surface area (Å²) in [5, 5.41) is 30.9. The summed E-state index contributed by atoms with van der Waals surface area (Å²) in [5.74, 6) is -4.61. The van der Waals surface area contributed by atoms with Crippen molar-refractivity contribution in [1.29, 1.82) is 0 Å². The zero-order valence-electron chi connectivity index (χ0n) is 16.4. The molecular weight excluding hydrogens is 411 g/mol. The van der Waals surface area contributed by atoms with Gasteiger partial charge in [-0.3, -0.25) is 23.7 Å². The van der Waals surface area contributed by atoms with Gasteiger partial charge >= 0.3 is 25.7 Å². The molecule has 6 N–H and O–H groups in total. The van der Waals surface area contributed by atoms with E-state index < -0.39 is 44.0 Å². The van der Waals surface area contributed by atoms with E-state index >= 15 is 0 Å². The van der Waals surface area contributed by atoms with E-state index in [4.69, 9.17) is 19.8 Å². The van der Waals surface area contributed by atoms with Crippen molar-refractivity contribution in [1.82, 2.24) is 10.4 Å². The Morgan fingerprint density at radius 1 is 0.966 bits per heavy atom. The SMILES string of the molecule is CC(CCC(=O)N[C@H](C)CCCOP(=O)(O)NC(CCC(=O)O)C(=O)O)C(=O)O. The zero-order valence-corrected chi connectivity index (χ0v) is 17.3. The number of aliphatic carboxylic acids is 3. The maximum Gasteiger partial charge on any atom is 0.403 e. The summed E-state index contributed by atoms with van der Waals surface area (Å²) in [6.45, 7) is 3.03. The van der Waals surface area contributed by atoms with E-state index in [0.29, 0.717) is 6.42 Å². The first-order valence-corrected chi connectivity index (χ1v) is 10.6. The molecule has 29 heavy (non-hydrogen) atoms. The average molecular weight is 440 g/mol. The van der Waals surface area contributed by atoms with Gasteiger partial charge in [0.25, 0.3) is 0 Å². The lowest BCUT2D eigenvalue weighted by Crippen LogP contribution is -2.35. The van der Waals surface area contributed by atoms with Gasteiger partial charge in [-0.15, -0.1) is 0 Å². The molecule has 0 aliphatic rings. The molecule has 12 nitrogen and oxygen atoms in total. The minimum atomic E-state index is -4.45. The summed E-state index contributed by atoms with van der Waals surface area (Å²) in [5.41, 5.74) is 0. The Hall–Kier alpha value is -2.01. The Kier molecular flexibility index (Phi) is 12.3. The molecule has 168 valence electrons. The van der Waals surface area contributed by atoms with E-state index in [0.717, 1.165) is 0 Å². The topological polar surface area (TPSA) is 200 Å². The Bertz CT molecular complexity index is 627. The van der Waals surface area contributed by atoms with Crippen LogP contribution in [0.4, 0.5) is 0 Å². The standard InChI is InChI=1S/C16H29N2O10P/c1-10(15(22)23)5-7-13(19)17-11(2)4-3-9-28-29(26,27)18-12(16(24)25)6-8-14(20)21/h10-12H,3-9H2,1-2H3,(H,17,19)(H,20,21)(H,22,23)(H,24,25)(H2,18,26,27)/t10?,11-,12?/m1/s1. The average Bonchev–Trinajstić information content (AvgIpc) is 2.59. The van der Waals surface area contributed by atoms with Crippen molar-refractivity contribution in [2.45, 2.75) is 64.5 Å². The van der Waals surface area contributed by atoms with Crippen molar-refractivity contribution in [3.05, 3.63) is 0 Å². The molecule has 0 heterocycles. The van der Waals surface area contributed by atoms with Crippen molar-refractivity contribution >= 4 is 31.6 Å². The fourth-order valence-corrected chi connectivity index (χ4v) is 3.30. The molecule has 0 bridgehead atoms. The molecule has 0 aromatic carbocycles. The van der Waals surface area contributed by atoms with E-state index in [1.54, 1.807) is 6.92 Å². The van der Waals surface area contributed by atoms with Crippen LogP contribution in [-0.4, -0.2) is 62.7 Å². The number of nitrogens with one attached hydrogen (secondary N) is 2. The molecule has 0 aromatic heterocycles. The number of rotatable bonds is 16. The van der Waals surface area contributed by atoms with E-state index in [-0.39, 0.29) is 44.2 Å². The van der Waals surface area contributed by atoms with Gasteiger partial charge in [-0.2, -0.15) is 0 Å². The lowest BCUT2D eigenvalue weighted by Gasteiger charge is -2.19. The van der Waals surface area contributed by atoms with Crippen LogP contribution in [0.3, 0.4) is 0 Å². The van der Waals surface area contributed by atoms with Crippen LogP contribution in [-0.2, 0) is 28.3 Å². The third kappa shape index (κ3) is 13.7. The van der Waals surface area contributed by atoms with Crippen molar-refractivity contribution in [3.63, 3.8) is 0 Å². The van der Waals surface area contributed by atoms with Crippen molar-refractivity contribution < 1.29 is 48.5 Å². The lowest BCUT2D eigenvalue weighted by molar-refractivity contribution is -0.142. The van der Waals surface area contributed by atoms with E-state index in [1.165, 1.54) is 6.92 Å². The third-order valence-corrected chi connectivity index (χ3v) is 5.12. The second-order valence-electron chi connectivity index (χ2n) is 6.69. The molecule has 4 atom stereocenters. The van der Waals surface area contributed by atoms with Crippen LogP contribution in [0.2, 0.25) is 0 Å². The highest BCUT2D eigenvalue weighted by atomic mass is 31.2. The molecule has 0 aliphatic carbocycles. The Morgan fingerprint density at radius 3 is 2.10 bits per heavy atom. The number of carboxylic acids is 3. The van der Waals surface area contributed by atoms with Crippen molar-refractivity contribution in [2.24, 2.45) is 5.92 Å². The first-order chi connectivity index (χ1) is 13.3. The highest BCUT2D eigenvalue weighted by molar-refractivity contribution is 7.50. The molecule has 0 saturated carbocycles. The molecule has 0 saturated heterocycles. The molecule has 0 radical (unpaired) electrons. The maximum atomic E-state index is 11.9. The number of carbonyl (C=O) groups is 4. The van der Waals surface area contributed by atoms with Crippen LogP contribution >= 0.6 is 7.75 Å². The first-order valence-electron chi connectivity index (χ1n) is 9.06. The molecule has 0 rings (SSSR count). The molecule has 0 fully saturated rings. The van der Waals surface area contributed by atoms with E-state index in [1.807, 2.05) is 5.09 Å². The van der Waals surface area contributed by atoms with Crippen molar-refractivity contribution in [2.75, 3.05) is 6.61 Å². The molecule has 0 spiro atoms. The fourth-order valence-electron chi connectivity index (χ4n) is 2.21. The minimum absolute atomic E-state index is 0.0665. The normalized spacial score (nSPS) is 16.2. The number of carbonyl (C=O) groups excluding carboxylic acids is 1. The monoisotopic (exact) mass is 440 g/mol. The van der Waals surface area contributed by atoms with Gasteiger partial charge in [0.05, 0.1) is 12.5 Å². The smallest absolute Gasteiger partial charge is 0.403 e. The Morgan fingerprint density at radius 2 is 1.59 bits per heavy atom. The van der Waals surface area contributed by atoms with Crippen LogP contribution < -0.4 is 10.4 Å². The third-order valence-electron chi connectivity index (χ3n) is 3.95.